The van der Waals surface area contributed by atoms with E-state index in [0.29, 0.717) is 0 Å². The van der Waals surface area contributed by atoms with Gasteiger partial charge < -0.3 is 0 Å². The van der Waals surface area contributed by atoms with Crippen molar-refractivity contribution in [3.05, 3.63) is 36.5 Å². The Balaban J connectivity index is 2.16. The Labute approximate surface area is 82.1 Å². The van der Waals surface area contributed by atoms with Crippen LogP contribution in [0.4, 0.5) is 0 Å². The number of hydrogen-bond donors (Lipinski definition) is 0. The highest BCUT2D eigenvalue weighted by atomic mass is 16.2. The summed E-state index contributed by atoms with van der Waals surface area (Å²) in [5, 5.41) is 1.08. The van der Waals surface area contributed by atoms with Gasteiger partial charge in [0.1, 0.15) is 0 Å². The van der Waals surface area contributed by atoms with E-state index in [4.69, 9.17) is 0 Å². The molecule has 0 aliphatic heterocycles. The van der Waals surface area contributed by atoms with Crippen LogP contribution in [0.2, 0.25) is 0 Å². The SMILES string of the molecule is O=C(C1CC1)n1ccc2c[c]ccc21. The number of carbonyl (C=O) groups is 1. The predicted molar refractivity (Wildman–Crippen MR) is 54.1 cm³/mol. The third-order valence-electron chi connectivity index (χ3n) is 2.70. The lowest BCUT2D eigenvalue weighted by Crippen LogP contribution is -2.10. The molecule has 69 valence electrons. The van der Waals surface area contributed by atoms with Crippen molar-refractivity contribution in [1.82, 2.24) is 4.57 Å². The summed E-state index contributed by atoms with van der Waals surface area (Å²) in [5.74, 6) is 0.515. The minimum Gasteiger partial charge on any atom is -0.287 e. The van der Waals surface area contributed by atoms with Gasteiger partial charge in [-0.05, 0) is 37.1 Å². The molecule has 0 saturated heterocycles. The molecule has 1 aliphatic rings. The third-order valence-corrected chi connectivity index (χ3v) is 2.70. The van der Waals surface area contributed by atoms with E-state index < -0.39 is 0 Å². The fraction of sp³-hybridized carbons (Fsp3) is 0.250. The lowest BCUT2D eigenvalue weighted by molar-refractivity contribution is 0.0891. The van der Waals surface area contributed by atoms with Gasteiger partial charge in [0.2, 0.25) is 5.91 Å². The summed E-state index contributed by atoms with van der Waals surface area (Å²) in [4.78, 5) is 11.8. The van der Waals surface area contributed by atoms with Crippen molar-refractivity contribution in [2.45, 2.75) is 12.8 Å². The number of hydrogen-bond acceptors (Lipinski definition) is 1. The minimum atomic E-state index is 0.242. The first-order chi connectivity index (χ1) is 6.86. The summed E-state index contributed by atoms with van der Waals surface area (Å²) in [5.41, 5.74) is 1.00. The van der Waals surface area contributed by atoms with Crippen molar-refractivity contribution in [3.63, 3.8) is 0 Å². The molecule has 0 atom stereocenters. The molecule has 0 spiro atoms. The molecule has 0 unspecified atom stereocenters. The van der Waals surface area contributed by atoms with Crippen molar-refractivity contribution in [2.75, 3.05) is 0 Å². The van der Waals surface area contributed by atoms with Gasteiger partial charge in [0.05, 0.1) is 5.52 Å². The average molecular weight is 184 g/mol. The van der Waals surface area contributed by atoms with E-state index in [0.717, 1.165) is 23.7 Å². The Morgan fingerprint density at radius 2 is 2.29 bits per heavy atom. The highest BCUT2D eigenvalue weighted by Gasteiger charge is 2.31. The summed E-state index contributed by atoms with van der Waals surface area (Å²) in [6.45, 7) is 0. The van der Waals surface area contributed by atoms with Crippen LogP contribution >= 0.6 is 0 Å². The fourth-order valence-corrected chi connectivity index (χ4v) is 1.74. The second kappa shape index (κ2) is 2.71. The number of fused-ring (bicyclic) bond motifs is 1. The van der Waals surface area contributed by atoms with Gasteiger partial charge in [-0.15, -0.1) is 0 Å². The molecule has 0 amide bonds. The number of carbonyl (C=O) groups excluding carboxylic acids is 1. The van der Waals surface area contributed by atoms with Gasteiger partial charge in [-0.2, -0.15) is 0 Å². The zero-order valence-electron chi connectivity index (χ0n) is 7.73. The molecule has 2 heteroatoms. The Morgan fingerprint density at radius 3 is 3.07 bits per heavy atom. The fourth-order valence-electron chi connectivity index (χ4n) is 1.74. The van der Waals surface area contributed by atoms with Gasteiger partial charge in [-0.1, -0.05) is 6.07 Å². The van der Waals surface area contributed by atoms with Crippen LogP contribution in [0.5, 0.6) is 0 Å². The molecular weight excluding hydrogens is 174 g/mol. The van der Waals surface area contributed by atoms with Gasteiger partial charge in [0.15, 0.2) is 0 Å². The first-order valence-electron chi connectivity index (χ1n) is 4.87. The molecule has 0 N–H and O–H groups in total. The lowest BCUT2D eigenvalue weighted by atomic mass is 10.2. The predicted octanol–water partition coefficient (Wildman–Crippen LogP) is 2.49. The zero-order valence-corrected chi connectivity index (χ0v) is 7.73. The van der Waals surface area contributed by atoms with Crippen LogP contribution in [0.1, 0.15) is 17.6 Å². The van der Waals surface area contributed by atoms with E-state index in [1.165, 1.54) is 0 Å². The second-order valence-electron chi connectivity index (χ2n) is 3.78. The summed E-state index contributed by atoms with van der Waals surface area (Å²) in [6, 6.07) is 10.7. The van der Waals surface area contributed by atoms with Crippen molar-refractivity contribution in [2.24, 2.45) is 5.92 Å². The first-order valence-corrected chi connectivity index (χ1v) is 4.87. The molecule has 1 aromatic carbocycles. The van der Waals surface area contributed by atoms with E-state index in [1.54, 1.807) is 4.57 Å². The first kappa shape index (κ1) is 7.80. The maximum Gasteiger partial charge on any atom is 0.234 e. The highest BCUT2D eigenvalue weighted by Crippen LogP contribution is 2.31. The van der Waals surface area contributed by atoms with Crippen LogP contribution in [-0.4, -0.2) is 10.5 Å². The average Bonchev–Trinajstić information content (AvgIpc) is 2.97. The van der Waals surface area contributed by atoms with Crippen LogP contribution in [0, 0.1) is 12.0 Å². The van der Waals surface area contributed by atoms with Crippen LogP contribution in [0.15, 0.2) is 30.5 Å². The van der Waals surface area contributed by atoms with Crippen LogP contribution in [0.25, 0.3) is 10.9 Å². The largest absolute Gasteiger partial charge is 0.287 e. The molecule has 3 rings (SSSR count). The molecule has 1 aliphatic carbocycles. The van der Waals surface area contributed by atoms with Crippen LogP contribution in [0.3, 0.4) is 0 Å². The molecule has 1 aromatic heterocycles. The molecule has 14 heavy (non-hydrogen) atoms. The van der Waals surface area contributed by atoms with Gasteiger partial charge in [-0.3, -0.25) is 9.36 Å². The van der Waals surface area contributed by atoms with Gasteiger partial charge in [0.25, 0.3) is 0 Å². The Kier molecular flexibility index (Phi) is 1.51. The highest BCUT2D eigenvalue weighted by molar-refractivity contribution is 5.94. The smallest absolute Gasteiger partial charge is 0.234 e. The van der Waals surface area contributed by atoms with E-state index in [2.05, 4.69) is 6.07 Å². The second-order valence-corrected chi connectivity index (χ2v) is 3.78. The maximum atomic E-state index is 11.8. The Morgan fingerprint density at radius 1 is 1.43 bits per heavy atom. The van der Waals surface area contributed by atoms with Crippen molar-refractivity contribution < 1.29 is 4.79 Å². The normalized spacial score (nSPS) is 16.0. The van der Waals surface area contributed by atoms with Crippen molar-refractivity contribution in [1.29, 1.82) is 0 Å². The molecule has 1 heterocycles. The Hall–Kier alpha value is -1.57. The summed E-state index contributed by atoms with van der Waals surface area (Å²) < 4.78 is 1.76. The molecule has 0 bridgehead atoms. The van der Waals surface area contributed by atoms with Crippen LogP contribution < -0.4 is 0 Å². The number of rotatable bonds is 1. The van der Waals surface area contributed by atoms with Crippen molar-refractivity contribution >= 4 is 16.8 Å². The summed E-state index contributed by atoms with van der Waals surface area (Å²) >= 11 is 0. The molecule has 1 radical (unpaired) electrons. The summed E-state index contributed by atoms with van der Waals surface area (Å²) in [7, 11) is 0. The molecule has 2 nitrogen and oxygen atoms in total. The minimum absolute atomic E-state index is 0.242. The monoisotopic (exact) mass is 184 g/mol. The van der Waals surface area contributed by atoms with E-state index in [9.17, 15) is 4.79 Å². The topological polar surface area (TPSA) is 22.0 Å². The summed E-state index contributed by atoms with van der Waals surface area (Å²) in [6.07, 6.45) is 3.97. The van der Waals surface area contributed by atoms with Gasteiger partial charge in [-0.25, -0.2) is 0 Å². The number of aromatic nitrogens is 1. The van der Waals surface area contributed by atoms with Crippen molar-refractivity contribution in [3.8, 4) is 0 Å². The lowest BCUT2D eigenvalue weighted by Gasteiger charge is -2.01. The molecular formula is C12H10NO. The standard InChI is InChI=1S/C12H10NO/c14-12(10-5-6-10)13-8-7-9-3-1-2-4-11(9)13/h2-4,7-8,10H,5-6H2. The van der Waals surface area contributed by atoms with E-state index in [1.807, 2.05) is 30.5 Å². The quantitative estimate of drug-likeness (QED) is 0.667. The van der Waals surface area contributed by atoms with E-state index in [-0.39, 0.29) is 11.8 Å². The maximum absolute atomic E-state index is 11.8. The van der Waals surface area contributed by atoms with Gasteiger partial charge in [0, 0.05) is 17.5 Å². The van der Waals surface area contributed by atoms with Gasteiger partial charge >= 0.3 is 0 Å². The Bertz CT molecular complexity index is 494. The van der Waals surface area contributed by atoms with Crippen LogP contribution in [-0.2, 0) is 0 Å². The molecule has 1 saturated carbocycles. The third kappa shape index (κ3) is 1.07. The number of benzene rings is 1. The molecule has 2 aromatic rings. The van der Waals surface area contributed by atoms with E-state index >= 15 is 0 Å². The molecule has 1 fully saturated rings. The number of nitrogens with zero attached hydrogens (tertiary/aromatic N) is 1. The zero-order chi connectivity index (χ0) is 9.54.